The summed E-state index contributed by atoms with van der Waals surface area (Å²) in [5, 5.41) is 0. The minimum Gasteiger partial charge on any atom is -0.321 e. The molecule has 2 aromatic rings. The second-order valence-electron chi connectivity index (χ2n) is 4.73. The van der Waals surface area contributed by atoms with Gasteiger partial charge < -0.3 is 5.43 Å². The standard InChI is InChI=1S/C16H14N2O2/c19-15-10-14(18-17-11-6-2-1-3-7-11)16(20)13-9-5-4-8-12(13)15/h1-9,14,17-18H,10H2. The van der Waals surface area contributed by atoms with Crippen LogP contribution < -0.4 is 10.9 Å². The van der Waals surface area contributed by atoms with Gasteiger partial charge in [0.15, 0.2) is 11.6 Å². The van der Waals surface area contributed by atoms with Gasteiger partial charge in [-0.25, -0.2) is 5.43 Å². The maximum atomic E-state index is 12.3. The summed E-state index contributed by atoms with van der Waals surface area (Å²) in [5.41, 5.74) is 7.78. The van der Waals surface area contributed by atoms with Crippen LogP contribution in [0.25, 0.3) is 0 Å². The number of para-hydroxylation sites is 1. The number of benzene rings is 2. The molecule has 0 amide bonds. The fourth-order valence-electron chi connectivity index (χ4n) is 2.33. The van der Waals surface area contributed by atoms with E-state index in [1.54, 1.807) is 24.3 Å². The molecule has 3 rings (SSSR count). The van der Waals surface area contributed by atoms with Gasteiger partial charge in [0.05, 0.1) is 6.04 Å². The topological polar surface area (TPSA) is 58.2 Å². The Morgan fingerprint density at radius 3 is 2.25 bits per heavy atom. The fourth-order valence-corrected chi connectivity index (χ4v) is 2.33. The number of hydrogen-bond donors (Lipinski definition) is 2. The van der Waals surface area contributed by atoms with Crippen LogP contribution in [0.5, 0.6) is 0 Å². The molecule has 0 heterocycles. The van der Waals surface area contributed by atoms with E-state index in [1.807, 2.05) is 30.3 Å². The van der Waals surface area contributed by atoms with Gasteiger partial charge in [0.2, 0.25) is 0 Å². The largest absolute Gasteiger partial charge is 0.321 e. The van der Waals surface area contributed by atoms with E-state index in [4.69, 9.17) is 0 Å². The van der Waals surface area contributed by atoms with Crippen molar-refractivity contribution in [3.63, 3.8) is 0 Å². The zero-order valence-corrected chi connectivity index (χ0v) is 10.8. The molecule has 0 saturated heterocycles. The molecule has 0 radical (unpaired) electrons. The van der Waals surface area contributed by atoms with Crippen LogP contribution in [0.15, 0.2) is 54.6 Å². The van der Waals surface area contributed by atoms with E-state index in [0.29, 0.717) is 11.1 Å². The number of ketones is 2. The predicted molar refractivity (Wildman–Crippen MR) is 76.7 cm³/mol. The molecule has 0 aliphatic heterocycles. The van der Waals surface area contributed by atoms with Gasteiger partial charge in [-0.05, 0) is 12.1 Å². The number of carbonyl (C=O) groups excluding carboxylic acids is 2. The molecule has 0 saturated carbocycles. The van der Waals surface area contributed by atoms with Gasteiger partial charge in [-0.2, -0.15) is 0 Å². The zero-order valence-electron chi connectivity index (χ0n) is 10.8. The second kappa shape index (κ2) is 5.27. The Labute approximate surface area is 116 Å². The first-order valence-electron chi connectivity index (χ1n) is 6.49. The minimum atomic E-state index is -0.530. The van der Waals surface area contributed by atoms with E-state index < -0.39 is 6.04 Å². The van der Waals surface area contributed by atoms with Crippen LogP contribution in [0.3, 0.4) is 0 Å². The summed E-state index contributed by atoms with van der Waals surface area (Å²) in [6.07, 6.45) is 0.176. The number of Topliss-reactive ketones (excluding diaryl/α,β-unsaturated/α-hetero) is 2. The number of carbonyl (C=O) groups is 2. The molecule has 0 aromatic heterocycles. The summed E-state index contributed by atoms with van der Waals surface area (Å²) in [6.45, 7) is 0. The SMILES string of the molecule is O=C1CC(NNc2ccccc2)C(=O)c2ccccc21. The molecule has 100 valence electrons. The van der Waals surface area contributed by atoms with Gasteiger partial charge in [0.1, 0.15) is 0 Å². The maximum absolute atomic E-state index is 12.3. The van der Waals surface area contributed by atoms with Gasteiger partial charge in [0, 0.05) is 23.2 Å². The minimum absolute atomic E-state index is 0.00689. The Morgan fingerprint density at radius 2 is 1.50 bits per heavy atom. The number of hydrazine groups is 1. The number of anilines is 1. The van der Waals surface area contributed by atoms with Crippen LogP contribution in [0.1, 0.15) is 27.1 Å². The monoisotopic (exact) mass is 266 g/mol. The molecule has 1 aliphatic rings. The molecule has 0 spiro atoms. The highest BCUT2D eigenvalue weighted by atomic mass is 16.1. The van der Waals surface area contributed by atoms with Crippen molar-refractivity contribution in [3.8, 4) is 0 Å². The molecule has 4 nitrogen and oxygen atoms in total. The molecule has 1 unspecified atom stereocenters. The van der Waals surface area contributed by atoms with Gasteiger partial charge in [-0.3, -0.25) is 9.59 Å². The van der Waals surface area contributed by atoms with E-state index in [0.717, 1.165) is 5.69 Å². The van der Waals surface area contributed by atoms with Gasteiger partial charge >= 0.3 is 0 Å². The van der Waals surface area contributed by atoms with Crippen LogP contribution in [0, 0.1) is 0 Å². The fraction of sp³-hybridized carbons (Fsp3) is 0.125. The first kappa shape index (κ1) is 12.6. The highest BCUT2D eigenvalue weighted by Crippen LogP contribution is 2.21. The first-order chi connectivity index (χ1) is 9.75. The van der Waals surface area contributed by atoms with E-state index in [9.17, 15) is 9.59 Å². The smallest absolute Gasteiger partial charge is 0.182 e. The third-order valence-electron chi connectivity index (χ3n) is 3.36. The second-order valence-corrected chi connectivity index (χ2v) is 4.73. The quantitative estimate of drug-likeness (QED) is 0.838. The van der Waals surface area contributed by atoms with Crippen LogP contribution in [0.2, 0.25) is 0 Å². The van der Waals surface area contributed by atoms with Crippen LogP contribution in [-0.4, -0.2) is 17.6 Å². The van der Waals surface area contributed by atoms with E-state index in [2.05, 4.69) is 10.9 Å². The molecule has 2 N–H and O–H groups in total. The lowest BCUT2D eigenvalue weighted by molar-refractivity contribution is 0.0853. The number of fused-ring (bicyclic) bond motifs is 1. The van der Waals surface area contributed by atoms with Crippen molar-refractivity contribution in [2.24, 2.45) is 0 Å². The van der Waals surface area contributed by atoms with Crippen molar-refractivity contribution in [2.75, 3.05) is 5.43 Å². The van der Waals surface area contributed by atoms with Crippen molar-refractivity contribution in [3.05, 3.63) is 65.7 Å². The van der Waals surface area contributed by atoms with Crippen LogP contribution >= 0.6 is 0 Å². The lowest BCUT2D eigenvalue weighted by Crippen LogP contribution is -2.45. The number of hydrogen-bond acceptors (Lipinski definition) is 4. The Morgan fingerprint density at radius 1 is 0.850 bits per heavy atom. The normalized spacial score (nSPS) is 17.7. The average molecular weight is 266 g/mol. The van der Waals surface area contributed by atoms with E-state index in [1.165, 1.54) is 0 Å². The molecule has 0 fully saturated rings. The third-order valence-corrected chi connectivity index (χ3v) is 3.36. The van der Waals surface area contributed by atoms with Crippen molar-refractivity contribution >= 4 is 17.3 Å². The Bertz CT molecular complexity index is 653. The van der Waals surface area contributed by atoms with Crippen molar-refractivity contribution in [1.82, 2.24) is 5.43 Å². The molecule has 1 atom stereocenters. The Kier molecular flexibility index (Phi) is 3.31. The van der Waals surface area contributed by atoms with Crippen molar-refractivity contribution in [2.45, 2.75) is 12.5 Å². The molecule has 20 heavy (non-hydrogen) atoms. The molecule has 1 aliphatic carbocycles. The van der Waals surface area contributed by atoms with Gasteiger partial charge in [-0.1, -0.05) is 42.5 Å². The first-order valence-corrected chi connectivity index (χ1v) is 6.49. The maximum Gasteiger partial charge on any atom is 0.182 e. The molecule has 2 aromatic carbocycles. The average Bonchev–Trinajstić information content (AvgIpc) is 2.50. The molecule has 0 bridgehead atoms. The summed E-state index contributed by atoms with van der Waals surface area (Å²) in [5.74, 6) is -0.0591. The van der Waals surface area contributed by atoms with E-state index >= 15 is 0 Å². The molecule has 4 heteroatoms. The van der Waals surface area contributed by atoms with E-state index in [-0.39, 0.29) is 18.0 Å². The number of rotatable bonds is 3. The summed E-state index contributed by atoms with van der Waals surface area (Å²) < 4.78 is 0. The molecular formula is C16H14N2O2. The predicted octanol–water partition coefficient (Wildman–Crippen LogP) is 2.44. The Balaban J connectivity index is 1.76. The summed E-state index contributed by atoms with van der Waals surface area (Å²) in [6, 6.07) is 15.9. The summed E-state index contributed by atoms with van der Waals surface area (Å²) in [7, 11) is 0. The molecular weight excluding hydrogens is 252 g/mol. The highest BCUT2D eigenvalue weighted by molar-refractivity contribution is 6.16. The summed E-state index contributed by atoms with van der Waals surface area (Å²) >= 11 is 0. The highest BCUT2D eigenvalue weighted by Gasteiger charge is 2.31. The lowest BCUT2D eigenvalue weighted by Gasteiger charge is -2.23. The van der Waals surface area contributed by atoms with Gasteiger partial charge in [-0.15, -0.1) is 0 Å². The van der Waals surface area contributed by atoms with Crippen LogP contribution in [0.4, 0.5) is 5.69 Å². The van der Waals surface area contributed by atoms with Crippen LogP contribution in [-0.2, 0) is 0 Å². The number of nitrogens with one attached hydrogen (secondary N) is 2. The zero-order chi connectivity index (χ0) is 13.9. The van der Waals surface area contributed by atoms with Crippen molar-refractivity contribution < 1.29 is 9.59 Å². The Hall–Kier alpha value is -2.46. The third kappa shape index (κ3) is 2.33. The lowest BCUT2D eigenvalue weighted by atomic mass is 9.86. The van der Waals surface area contributed by atoms with Crippen molar-refractivity contribution in [1.29, 1.82) is 0 Å². The van der Waals surface area contributed by atoms with Gasteiger partial charge in [0.25, 0.3) is 0 Å². The summed E-state index contributed by atoms with van der Waals surface area (Å²) in [4.78, 5) is 24.4.